The second-order valence-corrected chi connectivity index (χ2v) is 7.87. The normalized spacial score (nSPS) is 12.1. The molecule has 5 nitrogen and oxygen atoms in total. The molecule has 1 amide bonds. The van der Waals surface area contributed by atoms with E-state index in [0.717, 1.165) is 5.56 Å². The minimum absolute atomic E-state index is 0. The van der Waals surface area contributed by atoms with Crippen molar-refractivity contribution >= 4 is 28.2 Å². The van der Waals surface area contributed by atoms with Crippen LogP contribution >= 0.6 is 12.4 Å². The van der Waals surface area contributed by atoms with E-state index in [9.17, 15) is 13.2 Å². The van der Waals surface area contributed by atoms with Gasteiger partial charge in [0.1, 0.15) is 0 Å². The molecular weight excluding hydrogens is 360 g/mol. The summed E-state index contributed by atoms with van der Waals surface area (Å²) in [4.78, 5) is 12.3. The molecule has 2 aromatic rings. The van der Waals surface area contributed by atoms with Gasteiger partial charge in [0.2, 0.25) is 0 Å². The maximum atomic E-state index is 12.4. The van der Waals surface area contributed by atoms with Crippen LogP contribution in [-0.2, 0) is 15.6 Å². The van der Waals surface area contributed by atoms with Crippen LogP contribution in [0.3, 0.4) is 0 Å². The molecule has 0 aliphatic heterocycles. The van der Waals surface area contributed by atoms with Crippen molar-refractivity contribution in [2.45, 2.75) is 30.5 Å². The van der Waals surface area contributed by atoms with E-state index in [0.29, 0.717) is 22.6 Å². The van der Waals surface area contributed by atoms with Crippen molar-refractivity contribution in [1.29, 1.82) is 0 Å². The quantitative estimate of drug-likeness (QED) is 0.803. The second-order valence-electron chi connectivity index (χ2n) is 5.88. The molecule has 1 atom stereocenters. The van der Waals surface area contributed by atoms with Crippen molar-refractivity contribution in [3.63, 3.8) is 0 Å². The van der Waals surface area contributed by atoms with Gasteiger partial charge in [-0.1, -0.05) is 29.8 Å². The molecule has 0 aromatic heterocycles. The third-order valence-electron chi connectivity index (χ3n) is 3.68. The van der Waals surface area contributed by atoms with E-state index in [-0.39, 0.29) is 30.1 Å². The van der Waals surface area contributed by atoms with E-state index in [4.69, 9.17) is 5.73 Å². The Labute approximate surface area is 155 Å². The van der Waals surface area contributed by atoms with Crippen LogP contribution in [0.4, 0.5) is 0 Å². The number of rotatable bonds is 6. The summed E-state index contributed by atoms with van der Waals surface area (Å²) >= 11 is 0. The van der Waals surface area contributed by atoms with Gasteiger partial charge in [0.05, 0.1) is 10.6 Å². The van der Waals surface area contributed by atoms with Crippen LogP contribution in [0.15, 0.2) is 53.4 Å². The van der Waals surface area contributed by atoms with Crippen molar-refractivity contribution in [2.24, 2.45) is 5.73 Å². The van der Waals surface area contributed by atoms with Gasteiger partial charge in [0.25, 0.3) is 5.91 Å². The fourth-order valence-electron chi connectivity index (χ4n) is 2.17. The standard InChI is InChI=1S/C18H22N2O3S.ClH/c1-13-3-9-17(10-4-13)24(22,23)12-15-5-7-16(8-6-15)18(21)20-14(2)11-19;/h3-10,14H,11-12,19H2,1-2H3,(H,20,21);1H/t14-;/m0./s1. The average molecular weight is 383 g/mol. The van der Waals surface area contributed by atoms with Crippen molar-refractivity contribution in [2.75, 3.05) is 6.54 Å². The van der Waals surface area contributed by atoms with Crippen LogP contribution in [0, 0.1) is 6.92 Å². The van der Waals surface area contributed by atoms with Gasteiger partial charge in [-0.25, -0.2) is 8.42 Å². The molecular formula is C18H23ClN2O3S. The highest BCUT2D eigenvalue weighted by atomic mass is 35.5. The molecule has 0 fully saturated rings. The summed E-state index contributed by atoms with van der Waals surface area (Å²) in [6.07, 6.45) is 0. The molecule has 0 saturated heterocycles. The Hall–Kier alpha value is -1.89. The van der Waals surface area contributed by atoms with Crippen molar-refractivity contribution < 1.29 is 13.2 Å². The van der Waals surface area contributed by atoms with Gasteiger partial charge < -0.3 is 11.1 Å². The molecule has 0 radical (unpaired) electrons. The molecule has 0 aliphatic carbocycles. The topological polar surface area (TPSA) is 89.3 Å². The number of nitrogens with two attached hydrogens (primary N) is 1. The number of benzene rings is 2. The van der Waals surface area contributed by atoms with Crippen LogP contribution in [0.1, 0.15) is 28.4 Å². The van der Waals surface area contributed by atoms with E-state index < -0.39 is 9.84 Å². The smallest absolute Gasteiger partial charge is 0.251 e. The molecule has 25 heavy (non-hydrogen) atoms. The first-order valence-electron chi connectivity index (χ1n) is 7.71. The number of aryl methyl sites for hydroxylation is 1. The molecule has 0 bridgehead atoms. The van der Waals surface area contributed by atoms with E-state index in [1.165, 1.54) is 0 Å². The zero-order valence-corrected chi connectivity index (χ0v) is 15.9. The zero-order chi connectivity index (χ0) is 17.7. The highest BCUT2D eigenvalue weighted by molar-refractivity contribution is 7.90. The fraction of sp³-hybridized carbons (Fsp3) is 0.278. The Morgan fingerprint density at radius 3 is 2.16 bits per heavy atom. The van der Waals surface area contributed by atoms with E-state index in [1.54, 1.807) is 48.5 Å². The van der Waals surface area contributed by atoms with Crippen LogP contribution in [-0.4, -0.2) is 26.9 Å². The summed E-state index contributed by atoms with van der Waals surface area (Å²) in [5.74, 6) is -0.321. The van der Waals surface area contributed by atoms with Gasteiger partial charge in [-0.3, -0.25) is 4.79 Å². The maximum absolute atomic E-state index is 12.4. The monoisotopic (exact) mass is 382 g/mol. The summed E-state index contributed by atoms with van der Waals surface area (Å²) in [7, 11) is -3.40. The lowest BCUT2D eigenvalue weighted by Crippen LogP contribution is -2.37. The molecule has 3 N–H and O–H groups in total. The van der Waals surface area contributed by atoms with Gasteiger partial charge in [-0.05, 0) is 43.7 Å². The highest BCUT2D eigenvalue weighted by Gasteiger charge is 2.16. The first-order chi connectivity index (χ1) is 11.3. The Morgan fingerprint density at radius 2 is 1.64 bits per heavy atom. The lowest BCUT2D eigenvalue weighted by atomic mass is 10.1. The molecule has 2 aromatic carbocycles. The summed E-state index contributed by atoms with van der Waals surface area (Å²) in [5, 5.41) is 2.76. The summed E-state index contributed by atoms with van der Waals surface area (Å²) in [5.41, 5.74) is 7.60. The Morgan fingerprint density at radius 1 is 1.08 bits per heavy atom. The number of carbonyl (C=O) groups is 1. The molecule has 136 valence electrons. The van der Waals surface area contributed by atoms with Crippen molar-refractivity contribution in [3.05, 3.63) is 65.2 Å². The lowest BCUT2D eigenvalue weighted by Gasteiger charge is -2.11. The van der Waals surface area contributed by atoms with Crippen LogP contribution < -0.4 is 11.1 Å². The number of amides is 1. The summed E-state index contributed by atoms with van der Waals surface area (Å²) in [6, 6.07) is 13.2. The number of nitrogens with one attached hydrogen (secondary N) is 1. The Balaban J connectivity index is 0.00000312. The van der Waals surface area contributed by atoms with Gasteiger partial charge >= 0.3 is 0 Å². The molecule has 0 heterocycles. The van der Waals surface area contributed by atoms with E-state index in [2.05, 4.69) is 5.32 Å². The largest absolute Gasteiger partial charge is 0.348 e. The van der Waals surface area contributed by atoms with Crippen molar-refractivity contribution in [3.8, 4) is 0 Å². The Bertz CT molecular complexity index is 803. The molecule has 0 saturated carbocycles. The third kappa shape index (κ3) is 5.85. The average Bonchev–Trinajstić information content (AvgIpc) is 2.55. The first kappa shape index (κ1) is 21.2. The van der Waals surface area contributed by atoms with Crippen LogP contribution in [0.2, 0.25) is 0 Å². The van der Waals surface area contributed by atoms with E-state index in [1.807, 2.05) is 13.8 Å². The highest BCUT2D eigenvalue weighted by Crippen LogP contribution is 2.17. The molecule has 0 aliphatic rings. The van der Waals surface area contributed by atoms with Gasteiger partial charge in [0, 0.05) is 18.2 Å². The molecule has 0 unspecified atom stereocenters. The SMILES string of the molecule is Cc1ccc(S(=O)(=O)Cc2ccc(C(=O)N[C@@H](C)CN)cc2)cc1.Cl. The maximum Gasteiger partial charge on any atom is 0.251 e. The number of hydrogen-bond donors (Lipinski definition) is 2. The second kappa shape index (κ2) is 8.99. The van der Waals surface area contributed by atoms with E-state index >= 15 is 0 Å². The van der Waals surface area contributed by atoms with Crippen LogP contribution in [0.25, 0.3) is 0 Å². The van der Waals surface area contributed by atoms with Crippen LogP contribution in [0.5, 0.6) is 0 Å². The fourth-order valence-corrected chi connectivity index (χ4v) is 3.52. The predicted molar refractivity (Wildman–Crippen MR) is 102 cm³/mol. The zero-order valence-electron chi connectivity index (χ0n) is 14.2. The number of carbonyl (C=O) groups excluding carboxylic acids is 1. The van der Waals surface area contributed by atoms with Crippen molar-refractivity contribution in [1.82, 2.24) is 5.32 Å². The van der Waals surface area contributed by atoms with Gasteiger partial charge in [-0.15, -0.1) is 12.4 Å². The first-order valence-corrected chi connectivity index (χ1v) is 9.36. The Kier molecular flexibility index (Phi) is 7.60. The number of halogens is 1. The minimum atomic E-state index is -3.40. The van der Waals surface area contributed by atoms with Gasteiger partial charge in [0.15, 0.2) is 9.84 Å². The minimum Gasteiger partial charge on any atom is -0.348 e. The predicted octanol–water partition coefficient (Wildman–Crippen LogP) is 2.47. The molecule has 2 rings (SSSR count). The number of sulfone groups is 1. The number of hydrogen-bond acceptors (Lipinski definition) is 4. The third-order valence-corrected chi connectivity index (χ3v) is 5.39. The molecule has 0 spiro atoms. The summed E-state index contributed by atoms with van der Waals surface area (Å²) in [6.45, 7) is 4.09. The summed E-state index contributed by atoms with van der Waals surface area (Å²) < 4.78 is 24.8. The lowest BCUT2D eigenvalue weighted by molar-refractivity contribution is 0.0941. The van der Waals surface area contributed by atoms with Gasteiger partial charge in [-0.2, -0.15) is 0 Å². The molecule has 7 heteroatoms.